The van der Waals surface area contributed by atoms with Gasteiger partial charge in [-0.15, -0.1) is 0 Å². The highest BCUT2D eigenvalue weighted by Gasteiger charge is 2.49. The van der Waals surface area contributed by atoms with E-state index >= 15 is 4.79 Å². The number of ether oxygens (including phenoxy) is 4. The number of nitrogens with zero attached hydrogens (tertiary/aromatic N) is 1. The average molecular weight is 1020 g/mol. The minimum absolute atomic E-state index is 0.141. The van der Waals surface area contributed by atoms with Crippen LogP contribution in [0.25, 0.3) is 0 Å². The number of esters is 2. The van der Waals surface area contributed by atoms with Crippen LogP contribution in [0.5, 0.6) is 5.75 Å². The van der Waals surface area contributed by atoms with Crippen LogP contribution in [0.2, 0.25) is 0 Å². The van der Waals surface area contributed by atoms with Crippen LogP contribution in [0, 0.1) is 17.8 Å². The third kappa shape index (κ3) is 14.8. The molecule has 4 bridgehead atoms. The normalized spacial score (nSPS) is 28.8. The molecule has 4 aliphatic heterocycles. The fourth-order valence-corrected chi connectivity index (χ4v) is 8.15. The number of rotatable bonds is 9. The zero-order valence-electron chi connectivity index (χ0n) is 42.5. The zero-order chi connectivity index (χ0) is 53.9. The molecular formula is C51H69N7O15. The zero-order valence-corrected chi connectivity index (χ0v) is 42.5. The van der Waals surface area contributed by atoms with Crippen molar-refractivity contribution in [2.45, 2.75) is 134 Å². The van der Waals surface area contributed by atoms with Gasteiger partial charge in [-0.25, -0.2) is 4.79 Å². The van der Waals surface area contributed by atoms with Crippen molar-refractivity contribution in [3.63, 3.8) is 0 Å². The Bertz CT molecular complexity index is 2360. The number of cyclic esters (lactones) is 1. The Balaban J connectivity index is 1.72. The topological polar surface area (TPSA) is 310 Å². The number of hydrogen-bond acceptors (Lipinski definition) is 15. The van der Waals surface area contributed by atoms with Crippen LogP contribution in [-0.2, 0) is 63.8 Å². The van der Waals surface area contributed by atoms with Crippen LogP contribution in [0.4, 0.5) is 0 Å². The summed E-state index contributed by atoms with van der Waals surface area (Å²) in [5.41, 5.74) is -0.249. The van der Waals surface area contributed by atoms with E-state index in [0.717, 1.165) is 11.0 Å². The number of carbonyl (C=O) groups is 9. The standard InChI is InChI=1S/C51H69N7O15/c1-10-27(4)39-46(65)57-42-33-16-18-34(19-17-33)73-31(8)51(25-71-51)21-20-37(60)52-23-38(61)70-24-35(50(69)72-30(7)41(48(67)54-39)56-44(63)28(5)43(62)26(2)3)53-47(66)40(29(6)59)55-45(64)36(58(9)49(42)68)22-32-14-12-11-13-15-32/h11-21,26-31,35-36,39-43,59,62H,10,22-25H2,1-9H3,(H,52,60)(H,53,66)(H,54,67)(H,55,64)(H,56,63)(H,57,65)/t27-,28?,29+,30+,31+,35-,36-,39+,40+,41?,42-,43+,51-/m0/s1. The molecule has 1 spiro atoms. The number of amides is 7. The van der Waals surface area contributed by atoms with Gasteiger partial charge < -0.3 is 66.0 Å². The molecule has 2 unspecified atom stereocenters. The summed E-state index contributed by atoms with van der Waals surface area (Å²) >= 11 is 0. The first-order valence-electron chi connectivity index (χ1n) is 24.4. The van der Waals surface area contributed by atoms with Gasteiger partial charge in [-0.2, -0.15) is 0 Å². The highest BCUT2D eigenvalue weighted by molar-refractivity contribution is 5.98. The van der Waals surface area contributed by atoms with Crippen LogP contribution in [0.1, 0.15) is 79.0 Å². The van der Waals surface area contributed by atoms with Crippen molar-refractivity contribution in [1.82, 2.24) is 36.8 Å². The highest BCUT2D eigenvalue weighted by Crippen LogP contribution is 2.35. The molecular weight excluding hydrogens is 951 g/mol. The lowest BCUT2D eigenvalue weighted by Gasteiger charge is -2.34. The molecule has 22 heteroatoms. The van der Waals surface area contributed by atoms with E-state index in [1.807, 2.05) is 0 Å². The molecule has 0 aliphatic carbocycles. The first-order chi connectivity index (χ1) is 34.5. The predicted octanol–water partition coefficient (Wildman–Crippen LogP) is -0.356. The second-order valence-corrected chi connectivity index (χ2v) is 19.2. The summed E-state index contributed by atoms with van der Waals surface area (Å²) < 4.78 is 23.0. The van der Waals surface area contributed by atoms with E-state index < -0.39 is 150 Å². The molecule has 0 aromatic heterocycles. The maximum Gasteiger partial charge on any atom is 0.332 e. The van der Waals surface area contributed by atoms with Gasteiger partial charge in [-0.05, 0) is 61.9 Å². The summed E-state index contributed by atoms with van der Waals surface area (Å²) in [6.45, 7) is 10.8. The number of carbonyl (C=O) groups excluding carboxylic acids is 9. The van der Waals surface area contributed by atoms with Gasteiger partial charge in [0.15, 0.2) is 6.04 Å². The Morgan fingerprint density at radius 1 is 0.822 bits per heavy atom. The van der Waals surface area contributed by atoms with Crippen LogP contribution in [0.15, 0.2) is 66.7 Å². The van der Waals surface area contributed by atoms with Gasteiger partial charge in [0.05, 0.1) is 24.7 Å². The van der Waals surface area contributed by atoms with Crippen LogP contribution in [0.3, 0.4) is 0 Å². The predicted molar refractivity (Wildman–Crippen MR) is 260 cm³/mol. The van der Waals surface area contributed by atoms with Crippen LogP contribution in [-0.4, -0.2) is 155 Å². The molecule has 7 amide bonds. The minimum atomic E-state index is -1.94. The maximum absolute atomic E-state index is 15.2. The molecule has 2 aromatic rings. The monoisotopic (exact) mass is 1020 g/mol. The summed E-state index contributed by atoms with van der Waals surface area (Å²) in [7, 11) is 1.32. The smallest absolute Gasteiger partial charge is 0.332 e. The van der Waals surface area contributed by atoms with Crippen LogP contribution < -0.4 is 36.6 Å². The molecule has 73 heavy (non-hydrogen) atoms. The second-order valence-electron chi connectivity index (χ2n) is 19.2. The van der Waals surface area contributed by atoms with Crippen molar-refractivity contribution in [1.29, 1.82) is 0 Å². The van der Waals surface area contributed by atoms with Gasteiger partial charge in [0.25, 0.3) is 0 Å². The van der Waals surface area contributed by atoms with Gasteiger partial charge in [0.1, 0.15) is 66.9 Å². The molecule has 4 aliphatic rings. The van der Waals surface area contributed by atoms with Crippen molar-refractivity contribution >= 4 is 53.3 Å². The van der Waals surface area contributed by atoms with E-state index in [1.165, 1.54) is 58.2 Å². The number of epoxide rings is 1. The van der Waals surface area contributed by atoms with E-state index in [9.17, 15) is 48.6 Å². The number of aliphatic hydroxyl groups excluding tert-OH is 2. The number of benzene rings is 2. The Hall–Kier alpha value is -6.91. The lowest BCUT2D eigenvalue weighted by Crippen LogP contribution is -2.61. The van der Waals surface area contributed by atoms with Crippen LogP contribution >= 0.6 is 0 Å². The van der Waals surface area contributed by atoms with E-state index in [1.54, 1.807) is 65.0 Å². The van der Waals surface area contributed by atoms with Crippen molar-refractivity contribution in [2.75, 3.05) is 26.8 Å². The summed E-state index contributed by atoms with van der Waals surface area (Å²) in [5.74, 6) is -10.7. The Morgan fingerprint density at radius 2 is 1.45 bits per heavy atom. The van der Waals surface area contributed by atoms with Gasteiger partial charge in [-0.1, -0.05) is 83.5 Å². The molecule has 0 saturated carbocycles. The lowest BCUT2D eigenvalue weighted by molar-refractivity contribution is -0.160. The number of likely N-dealkylation sites (N-methyl/N-ethyl adjacent to an activating group) is 1. The lowest BCUT2D eigenvalue weighted by atomic mass is 9.93. The molecule has 13 atom stereocenters. The van der Waals surface area contributed by atoms with Crippen molar-refractivity contribution < 1.29 is 72.3 Å². The summed E-state index contributed by atoms with van der Waals surface area (Å²) in [4.78, 5) is 129. The quantitative estimate of drug-likeness (QED) is 0.118. The Labute approximate surface area is 424 Å². The van der Waals surface area contributed by atoms with Crippen molar-refractivity contribution in [2.24, 2.45) is 17.8 Å². The van der Waals surface area contributed by atoms with Gasteiger partial charge >= 0.3 is 11.9 Å². The molecule has 2 saturated heterocycles. The third-order valence-corrected chi connectivity index (χ3v) is 13.4. The Morgan fingerprint density at radius 3 is 2.05 bits per heavy atom. The first kappa shape index (κ1) is 57.0. The largest absolute Gasteiger partial charge is 0.487 e. The number of fused-ring (bicyclic) bond motifs is 9. The number of nitrogens with one attached hydrogen (secondary N) is 6. The van der Waals surface area contributed by atoms with E-state index in [4.69, 9.17) is 18.9 Å². The molecule has 2 fully saturated rings. The fraction of sp³-hybridized carbons (Fsp3) is 0.549. The van der Waals surface area contributed by atoms with Crippen molar-refractivity contribution in [3.05, 3.63) is 77.9 Å². The van der Waals surface area contributed by atoms with Crippen molar-refractivity contribution in [3.8, 4) is 5.75 Å². The molecule has 4 heterocycles. The second kappa shape index (κ2) is 25.2. The van der Waals surface area contributed by atoms with E-state index in [0.29, 0.717) is 17.7 Å². The fourth-order valence-electron chi connectivity index (χ4n) is 8.15. The summed E-state index contributed by atoms with van der Waals surface area (Å²) in [6.07, 6.45) is -2.39. The third-order valence-electron chi connectivity index (χ3n) is 13.4. The summed E-state index contributed by atoms with van der Waals surface area (Å²) in [6, 6.07) is 4.69. The van der Waals surface area contributed by atoms with Gasteiger partial charge in [0, 0.05) is 19.5 Å². The van der Waals surface area contributed by atoms with E-state index in [2.05, 4.69) is 31.9 Å². The molecule has 0 radical (unpaired) electrons. The average Bonchev–Trinajstić information content (AvgIpc) is 4.17. The summed E-state index contributed by atoms with van der Waals surface area (Å²) in [5, 5.41) is 37.1. The molecule has 2 aromatic carbocycles. The van der Waals surface area contributed by atoms with Gasteiger partial charge in [0.2, 0.25) is 41.4 Å². The molecule has 6 rings (SSSR count). The molecule has 22 nitrogen and oxygen atoms in total. The highest BCUT2D eigenvalue weighted by atomic mass is 16.6. The van der Waals surface area contributed by atoms with E-state index in [-0.39, 0.29) is 18.6 Å². The number of aliphatic hydroxyl groups is 2. The van der Waals surface area contributed by atoms with Gasteiger partial charge in [-0.3, -0.25) is 38.4 Å². The molecule has 398 valence electrons. The first-order valence-corrected chi connectivity index (χ1v) is 24.4. The Kier molecular flexibility index (Phi) is 19.6. The maximum atomic E-state index is 15.2. The minimum Gasteiger partial charge on any atom is -0.487 e. The SMILES string of the molecule is CC[C@H](C)[C@H]1NC(=O)C(NC(=O)C(C)[C@H](O)C(C)C)[C@@H](C)OC(=O)[C@@H]2COC(=O)CNC(=O)C=C[C@]3(CO3)[C@@H](C)Oc3ccc(cc3)[C@H](NC1=O)C(=O)N(C)[C@@H](Cc1ccccc1)C(=O)N[C@H]([C@@H](C)O)C(=O)N2. The molecule has 8 N–H and O–H groups in total. The number of hydrogen-bond donors (Lipinski definition) is 8.